The molecule has 0 saturated carbocycles. The highest BCUT2D eigenvalue weighted by molar-refractivity contribution is 7.93. The Morgan fingerprint density at radius 1 is 1.00 bits per heavy atom. The Kier molecular flexibility index (Phi) is 4.23. The molecule has 0 spiro atoms. The zero-order valence-corrected chi connectivity index (χ0v) is 15.6. The Morgan fingerprint density at radius 3 is 2.46 bits per heavy atom. The minimum Gasteiger partial charge on any atom is -0.308 e. The molecule has 136 valence electrons. The summed E-state index contributed by atoms with van der Waals surface area (Å²) in [4.78, 5) is 14.8. The van der Waals surface area contributed by atoms with Crippen LogP contribution in [-0.2, 0) is 16.4 Å². The molecule has 5 nitrogen and oxygen atoms in total. The van der Waals surface area contributed by atoms with Crippen molar-refractivity contribution in [3.63, 3.8) is 0 Å². The average molecular weight is 370 g/mol. The number of sulfonamides is 1. The Labute approximate surface area is 154 Å². The summed E-state index contributed by atoms with van der Waals surface area (Å²) in [6.07, 6.45) is 2.59. The molecule has 1 fully saturated rings. The van der Waals surface area contributed by atoms with Crippen molar-refractivity contribution >= 4 is 27.3 Å². The van der Waals surface area contributed by atoms with Crippen molar-refractivity contribution in [1.29, 1.82) is 0 Å². The van der Waals surface area contributed by atoms with E-state index in [9.17, 15) is 13.2 Å². The number of aryl methyl sites for hydroxylation is 2. The zero-order chi connectivity index (χ0) is 18.3. The molecule has 2 aromatic rings. The third-order valence-electron chi connectivity index (χ3n) is 5.10. The van der Waals surface area contributed by atoms with E-state index in [1.54, 1.807) is 24.3 Å². The highest BCUT2D eigenvalue weighted by Crippen LogP contribution is 2.30. The summed E-state index contributed by atoms with van der Waals surface area (Å²) in [5, 5.41) is 0. The summed E-state index contributed by atoms with van der Waals surface area (Å²) in [5.74, 6) is 0.156. The van der Waals surface area contributed by atoms with Crippen molar-refractivity contribution in [1.82, 2.24) is 0 Å². The highest BCUT2D eigenvalue weighted by atomic mass is 32.2. The quantitative estimate of drug-likeness (QED) is 0.816. The van der Waals surface area contributed by atoms with Gasteiger partial charge in [-0.05, 0) is 62.1 Å². The SMILES string of the molecule is Cc1ccc2c(c1)CCCN2C(=O)c1ccc(N2CCCS2(=O)=O)cc1. The van der Waals surface area contributed by atoms with Crippen molar-refractivity contribution in [2.75, 3.05) is 28.0 Å². The van der Waals surface area contributed by atoms with Crippen molar-refractivity contribution in [2.24, 2.45) is 0 Å². The first-order valence-corrected chi connectivity index (χ1v) is 10.6. The lowest BCUT2D eigenvalue weighted by atomic mass is 9.99. The van der Waals surface area contributed by atoms with E-state index < -0.39 is 10.0 Å². The van der Waals surface area contributed by atoms with Crippen LogP contribution in [0, 0.1) is 6.92 Å². The van der Waals surface area contributed by atoms with E-state index in [2.05, 4.69) is 13.0 Å². The maximum atomic E-state index is 13.0. The average Bonchev–Trinajstić information content (AvgIpc) is 2.99. The standard InChI is InChI=1S/C20H22N2O3S/c1-15-5-10-19-17(14-15)4-2-11-21(19)20(23)16-6-8-18(9-7-16)22-12-3-13-26(22,24)25/h5-10,14H,2-4,11-13H2,1H3. The van der Waals surface area contributed by atoms with Crippen LogP contribution in [0.25, 0.3) is 0 Å². The van der Waals surface area contributed by atoms with Gasteiger partial charge in [-0.15, -0.1) is 0 Å². The molecule has 2 aromatic carbocycles. The maximum Gasteiger partial charge on any atom is 0.258 e. The molecule has 4 rings (SSSR count). The molecule has 6 heteroatoms. The number of anilines is 2. The van der Waals surface area contributed by atoms with E-state index in [-0.39, 0.29) is 11.7 Å². The predicted octanol–water partition coefficient (Wildman–Crippen LogP) is 3.13. The molecule has 0 atom stereocenters. The number of carbonyl (C=O) groups is 1. The van der Waals surface area contributed by atoms with Gasteiger partial charge in [0, 0.05) is 24.3 Å². The highest BCUT2D eigenvalue weighted by Gasteiger charge is 2.29. The number of rotatable bonds is 2. The first-order valence-electron chi connectivity index (χ1n) is 8.97. The van der Waals surface area contributed by atoms with Crippen molar-refractivity contribution in [3.05, 3.63) is 59.2 Å². The Bertz CT molecular complexity index is 952. The van der Waals surface area contributed by atoms with E-state index in [1.165, 1.54) is 15.4 Å². The fourth-order valence-corrected chi connectivity index (χ4v) is 5.36. The van der Waals surface area contributed by atoms with Crippen molar-refractivity contribution < 1.29 is 13.2 Å². The van der Waals surface area contributed by atoms with Gasteiger partial charge in [0.2, 0.25) is 10.0 Å². The summed E-state index contributed by atoms with van der Waals surface area (Å²) in [5.41, 5.74) is 4.61. The number of carbonyl (C=O) groups excluding carboxylic acids is 1. The zero-order valence-electron chi connectivity index (χ0n) is 14.8. The monoisotopic (exact) mass is 370 g/mol. The molecule has 1 amide bonds. The maximum absolute atomic E-state index is 13.0. The molecule has 1 saturated heterocycles. The second kappa shape index (κ2) is 6.43. The van der Waals surface area contributed by atoms with Gasteiger partial charge in [-0.1, -0.05) is 17.7 Å². The fourth-order valence-electron chi connectivity index (χ4n) is 3.79. The van der Waals surface area contributed by atoms with Gasteiger partial charge in [0.05, 0.1) is 11.4 Å². The van der Waals surface area contributed by atoms with Gasteiger partial charge in [-0.25, -0.2) is 8.42 Å². The predicted molar refractivity (Wildman–Crippen MR) is 103 cm³/mol. The molecule has 0 bridgehead atoms. The third-order valence-corrected chi connectivity index (χ3v) is 6.97. The van der Waals surface area contributed by atoms with E-state index in [0.29, 0.717) is 30.8 Å². The van der Waals surface area contributed by atoms with Gasteiger partial charge in [0.15, 0.2) is 0 Å². The van der Waals surface area contributed by atoms with E-state index in [0.717, 1.165) is 18.5 Å². The van der Waals surface area contributed by atoms with Crippen LogP contribution in [0.4, 0.5) is 11.4 Å². The van der Waals surface area contributed by atoms with Gasteiger partial charge >= 0.3 is 0 Å². The van der Waals surface area contributed by atoms with Gasteiger partial charge in [-0.2, -0.15) is 0 Å². The van der Waals surface area contributed by atoms with Crippen molar-refractivity contribution in [2.45, 2.75) is 26.2 Å². The second-order valence-corrected chi connectivity index (χ2v) is 8.99. The summed E-state index contributed by atoms with van der Waals surface area (Å²) in [6.45, 7) is 3.28. The molecular weight excluding hydrogens is 348 g/mol. The van der Waals surface area contributed by atoms with E-state index in [1.807, 2.05) is 17.0 Å². The summed E-state index contributed by atoms with van der Waals surface area (Å²) in [7, 11) is -3.20. The lowest BCUT2D eigenvalue weighted by Crippen LogP contribution is -2.35. The van der Waals surface area contributed by atoms with Crippen LogP contribution >= 0.6 is 0 Å². The number of nitrogens with zero attached hydrogens (tertiary/aromatic N) is 2. The Hall–Kier alpha value is -2.34. The lowest BCUT2D eigenvalue weighted by Gasteiger charge is -2.30. The molecule has 0 aromatic heterocycles. The van der Waals surface area contributed by atoms with Gasteiger partial charge in [0.25, 0.3) is 5.91 Å². The molecule has 0 radical (unpaired) electrons. The van der Waals surface area contributed by atoms with Gasteiger partial charge in [-0.3, -0.25) is 9.10 Å². The number of fused-ring (bicyclic) bond motifs is 1. The van der Waals surface area contributed by atoms with Crippen LogP contribution < -0.4 is 9.21 Å². The second-order valence-electron chi connectivity index (χ2n) is 6.98. The molecular formula is C20H22N2O3S. The minimum absolute atomic E-state index is 0.0365. The van der Waals surface area contributed by atoms with Crippen LogP contribution in [-0.4, -0.2) is 33.2 Å². The van der Waals surface area contributed by atoms with Crippen LogP contribution in [0.15, 0.2) is 42.5 Å². The summed E-state index contributed by atoms with van der Waals surface area (Å²) >= 11 is 0. The topological polar surface area (TPSA) is 57.7 Å². The molecule has 0 N–H and O–H groups in total. The van der Waals surface area contributed by atoms with E-state index >= 15 is 0 Å². The third kappa shape index (κ3) is 2.98. The minimum atomic E-state index is -3.20. The first kappa shape index (κ1) is 17.1. The first-order chi connectivity index (χ1) is 12.5. The van der Waals surface area contributed by atoms with E-state index in [4.69, 9.17) is 0 Å². The number of benzene rings is 2. The van der Waals surface area contributed by atoms with Gasteiger partial charge < -0.3 is 4.90 Å². The smallest absolute Gasteiger partial charge is 0.258 e. The lowest BCUT2D eigenvalue weighted by molar-refractivity contribution is 0.0985. The number of hydrogen-bond donors (Lipinski definition) is 0. The molecule has 2 heterocycles. The normalized spacial score (nSPS) is 18.7. The Morgan fingerprint density at radius 2 is 1.77 bits per heavy atom. The summed E-state index contributed by atoms with van der Waals surface area (Å²) < 4.78 is 25.5. The summed E-state index contributed by atoms with van der Waals surface area (Å²) in [6, 6.07) is 13.1. The van der Waals surface area contributed by atoms with Crippen LogP contribution in [0.1, 0.15) is 34.3 Å². The van der Waals surface area contributed by atoms with Crippen LogP contribution in [0.3, 0.4) is 0 Å². The van der Waals surface area contributed by atoms with Crippen molar-refractivity contribution in [3.8, 4) is 0 Å². The molecule has 0 unspecified atom stereocenters. The molecule has 0 aliphatic carbocycles. The molecule has 2 aliphatic rings. The molecule has 2 aliphatic heterocycles. The van der Waals surface area contributed by atoms with Gasteiger partial charge in [0.1, 0.15) is 0 Å². The number of amides is 1. The number of hydrogen-bond acceptors (Lipinski definition) is 3. The fraction of sp³-hybridized carbons (Fsp3) is 0.350. The molecule has 26 heavy (non-hydrogen) atoms. The largest absolute Gasteiger partial charge is 0.308 e. The van der Waals surface area contributed by atoms with Crippen LogP contribution in [0.5, 0.6) is 0 Å². The van der Waals surface area contributed by atoms with Crippen LogP contribution in [0.2, 0.25) is 0 Å². The Balaban J connectivity index is 1.60.